The second-order valence-electron chi connectivity index (χ2n) is 6.89. The highest BCUT2D eigenvalue weighted by molar-refractivity contribution is 5.79. The minimum Gasteiger partial charge on any atom is -0.504 e. The molecule has 0 saturated heterocycles. The van der Waals surface area contributed by atoms with E-state index in [-0.39, 0.29) is 35.4 Å². The molecular formula is C21H22N4O4. The Labute approximate surface area is 167 Å². The molecule has 0 fully saturated rings. The van der Waals surface area contributed by atoms with E-state index in [0.29, 0.717) is 23.5 Å². The zero-order chi connectivity index (χ0) is 21.0. The van der Waals surface area contributed by atoms with E-state index in [0.717, 1.165) is 11.1 Å². The van der Waals surface area contributed by atoms with Crippen LogP contribution in [0.2, 0.25) is 0 Å². The van der Waals surface area contributed by atoms with Crippen molar-refractivity contribution in [3.63, 3.8) is 0 Å². The molecule has 2 heterocycles. The number of aromatic amines is 1. The minimum atomic E-state index is -0.351. The monoisotopic (exact) mass is 394 g/mol. The summed E-state index contributed by atoms with van der Waals surface area (Å²) >= 11 is 0. The molecule has 0 radical (unpaired) electrons. The van der Waals surface area contributed by atoms with Crippen LogP contribution >= 0.6 is 0 Å². The third kappa shape index (κ3) is 4.98. The van der Waals surface area contributed by atoms with Crippen LogP contribution in [-0.2, 0) is 17.6 Å². The van der Waals surface area contributed by atoms with Crippen LogP contribution in [0.1, 0.15) is 23.7 Å². The number of pyridine rings is 1. The second kappa shape index (κ2) is 8.55. The lowest BCUT2D eigenvalue weighted by Gasteiger charge is -2.15. The fourth-order valence-electron chi connectivity index (χ4n) is 3.05. The van der Waals surface area contributed by atoms with Gasteiger partial charge in [0, 0.05) is 35.3 Å². The Balaban J connectivity index is 1.67. The van der Waals surface area contributed by atoms with Gasteiger partial charge in [0.15, 0.2) is 11.5 Å². The average Bonchev–Trinajstić information content (AvgIpc) is 2.68. The van der Waals surface area contributed by atoms with Crippen molar-refractivity contribution in [2.75, 3.05) is 0 Å². The van der Waals surface area contributed by atoms with E-state index in [9.17, 15) is 19.8 Å². The topological polar surface area (TPSA) is 128 Å². The summed E-state index contributed by atoms with van der Waals surface area (Å²) in [5, 5.41) is 21.8. The number of hydrogen-bond donors (Lipinski definition) is 4. The van der Waals surface area contributed by atoms with E-state index in [4.69, 9.17) is 0 Å². The minimum absolute atomic E-state index is 0.0873. The van der Waals surface area contributed by atoms with Crippen LogP contribution < -0.4 is 10.9 Å². The molecule has 0 aliphatic heterocycles. The van der Waals surface area contributed by atoms with Gasteiger partial charge in [-0.15, -0.1) is 0 Å². The van der Waals surface area contributed by atoms with Gasteiger partial charge in [0.25, 0.3) is 5.56 Å². The molecule has 3 aromatic rings. The van der Waals surface area contributed by atoms with Crippen molar-refractivity contribution >= 4 is 5.91 Å². The van der Waals surface area contributed by atoms with Crippen LogP contribution in [0.15, 0.2) is 47.5 Å². The molecule has 0 aliphatic carbocycles. The lowest BCUT2D eigenvalue weighted by atomic mass is 10.1. The number of aromatic hydroxyl groups is 2. The van der Waals surface area contributed by atoms with Crippen LogP contribution in [0.3, 0.4) is 0 Å². The Bertz CT molecular complexity index is 1080. The first-order valence-corrected chi connectivity index (χ1v) is 9.14. The largest absolute Gasteiger partial charge is 0.504 e. The number of aromatic nitrogens is 3. The van der Waals surface area contributed by atoms with Gasteiger partial charge in [0.1, 0.15) is 5.82 Å². The first-order chi connectivity index (χ1) is 13.8. The molecule has 1 unspecified atom stereocenters. The van der Waals surface area contributed by atoms with Crippen molar-refractivity contribution < 1.29 is 15.0 Å². The van der Waals surface area contributed by atoms with Gasteiger partial charge >= 0.3 is 0 Å². The second-order valence-corrected chi connectivity index (χ2v) is 6.89. The maximum atomic E-state index is 12.5. The van der Waals surface area contributed by atoms with Crippen LogP contribution in [0.4, 0.5) is 0 Å². The van der Waals surface area contributed by atoms with E-state index in [2.05, 4.69) is 20.3 Å². The van der Waals surface area contributed by atoms with Gasteiger partial charge in [0.2, 0.25) is 5.91 Å². The summed E-state index contributed by atoms with van der Waals surface area (Å²) in [6, 6.07) is 7.79. The molecule has 4 N–H and O–H groups in total. The zero-order valence-electron chi connectivity index (χ0n) is 16.1. The number of benzene rings is 1. The molecule has 1 aromatic carbocycles. The van der Waals surface area contributed by atoms with Crippen molar-refractivity contribution in [3.8, 4) is 22.9 Å². The van der Waals surface area contributed by atoms with Gasteiger partial charge in [-0.05, 0) is 50.1 Å². The number of phenols is 2. The van der Waals surface area contributed by atoms with Crippen LogP contribution in [-0.4, -0.2) is 37.1 Å². The lowest BCUT2D eigenvalue weighted by molar-refractivity contribution is -0.121. The summed E-state index contributed by atoms with van der Waals surface area (Å²) in [4.78, 5) is 35.9. The van der Waals surface area contributed by atoms with E-state index in [1.165, 1.54) is 12.1 Å². The number of nitrogens with zero attached hydrogens (tertiary/aromatic N) is 2. The fraction of sp³-hybridized carbons (Fsp3) is 0.238. The van der Waals surface area contributed by atoms with E-state index in [1.54, 1.807) is 37.5 Å². The van der Waals surface area contributed by atoms with Gasteiger partial charge in [-0.2, -0.15) is 0 Å². The first-order valence-electron chi connectivity index (χ1n) is 9.14. The number of carbonyl (C=O) groups excluding carboxylic acids is 1. The van der Waals surface area contributed by atoms with E-state index < -0.39 is 0 Å². The lowest BCUT2D eigenvalue weighted by Crippen LogP contribution is -2.36. The van der Waals surface area contributed by atoms with Gasteiger partial charge in [-0.25, -0.2) is 4.98 Å². The predicted octanol–water partition coefficient (Wildman–Crippen LogP) is 1.84. The molecule has 0 bridgehead atoms. The maximum Gasteiger partial charge on any atom is 0.255 e. The Kier molecular flexibility index (Phi) is 5.92. The molecule has 8 heteroatoms. The van der Waals surface area contributed by atoms with Gasteiger partial charge in [-0.3, -0.25) is 14.6 Å². The third-order valence-electron chi connectivity index (χ3n) is 4.50. The van der Waals surface area contributed by atoms with Crippen molar-refractivity contribution in [1.82, 2.24) is 20.3 Å². The highest BCUT2D eigenvalue weighted by Crippen LogP contribution is 2.25. The Morgan fingerprint density at radius 3 is 2.55 bits per heavy atom. The molecule has 3 rings (SSSR count). The number of amides is 1. The standard InChI is InChI=1S/C21H22N4O4/c1-12(9-14-3-4-17(26)18(27)10-14)23-19(28)11-16-13(2)24-20(25-21(16)29)15-5-7-22-8-6-15/h3-8,10,12,26-27H,9,11H2,1-2H3,(H,23,28)(H,24,25,29). The summed E-state index contributed by atoms with van der Waals surface area (Å²) in [7, 11) is 0. The van der Waals surface area contributed by atoms with Gasteiger partial charge in [-0.1, -0.05) is 6.07 Å². The molecule has 0 aliphatic rings. The average molecular weight is 394 g/mol. The molecule has 1 amide bonds. The molecule has 0 saturated carbocycles. The number of phenolic OH excluding ortho intramolecular Hbond substituents is 2. The van der Waals surface area contributed by atoms with Gasteiger partial charge in [0.05, 0.1) is 6.42 Å². The predicted molar refractivity (Wildman–Crippen MR) is 108 cm³/mol. The summed E-state index contributed by atoms with van der Waals surface area (Å²) in [6.45, 7) is 3.52. The molecule has 1 atom stereocenters. The quantitative estimate of drug-likeness (QED) is 0.472. The van der Waals surface area contributed by atoms with Crippen molar-refractivity contribution in [3.05, 3.63) is 69.9 Å². The summed E-state index contributed by atoms with van der Waals surface area (Å²) < 4.78 is 0. The number of nitrogens with one attached hydrogen (secondary N) is 2. The third-order valence-corrected chi connectivity index (χ3v) is 4.50. The first kappa shape index (κ1) is 20.1. The normalized spacial score (nSPS) is 11.8. The van der Waals surface area contributed by atoms with Crippen molar-refractivity contribution in [2.45, 2.75) is 32.7 Å². The van der Waals surface area contributed by atoms with Crippen LogP contribution in [0.25, 0.3) is 11.4 Å². The SMILES string of the molecule is Cc1nc(-c2ccncc2)[nH]c(=O)c1CC(=O)NC(C)Cc1ccc(O)c(O)c1. The van der Waals surface area contributed by atoms with Gasteiger partial charge < -0.3 is 20.5 Å². The number of carbonyl (C=O) groups is 1. The Hall–Kier alpha value is -3.68. The van der Waals surface area contributed by atoms with Crippen molar-refractivity contribution in [2.24, 2.45) is 0 Å². The molecule has 150 valence electrons. The molecule has 8 nitrogen and oxygen atoms in total. The number of H-pyrrole nitrogens is 1. The smallest absolute Gasteiger partial charge is 0.255 e. The van der Waals surface area contributed by atoms with Crippen LogP contribution in [0.5, 0.6) is 11.5 Å². The molecule has 29 heavy (non-hydrogen) atoms. The number of aryl methyl sites for hydroxylation is 1. The summed E-state index contributed by atoms with van der Waals surface area (Å²) in [5.41, 5.74) is 1.96. The Morgan fingerprint density at radius 2 is 1.90 bits per heavy atom. The fourth-order valence-corrected chi connectivity index (χ4v) is 3.05. The molecule has 2 aromatic heterocycles. The van der Waals surface area contributed by atoms with Crippen molar-refractivity contribution in [1.29, 1.82) is 0 Å². The molecule has 0 spiro atoms. The summed E-state index contributed by atoms with van der Waals surface area (Å²) in [6.07, 6.45) is 3.60. The number of rotatable bonds is 6. The number of hydrogen-bond acceptors (Lipinski definition) is 6. The highest BCUT2D eigenvalue weighted by atomic mass is 16.3. The van der Waals surface area contributed by atoms with Crippen LogP contribution in [0, 0.1) is 6.92 Å². The summed E-state index contributed by atoms with van der Waals surface area (Å²) in [5.74, 6) is -0.265. The maximum absolute atomic E-state index is 12.5. The van der Waals surface area contributed by atoms with E-state index in [1.807, 2.05) is 6.92 Å². The highest BCUT2D eigenvalue weighted by Gasteiger charge is 2.15. The molecular weight excluding hydrogens is 372 g/mol. The Morgan fingerprint density at radius 1 is 1.17 bits per heavy atom. The zero-order valence-corrected chi connectivity index (χ0v) is 16.1. The van der Waals surface area contributed by atoms with E-state index >= 15 is 0 Å².